The van der Waals surface area contributed by atoms with Gasteiger partial charge in [0.1, 0.15) is 5.15 Å². The van der Waals surface area contributed by atoms with Gasteiger partial charge in [-0.1, -0.05) is 25.4 Å². The summed E-state index contributed by atoms with van der Waals surface area (Å²) in [6.07, 6.45) is 0.548. The Bertz CT molecular complexity index is 730. The fourth-order valence-corrected chi connectivity index (χ4v) is 3.04. The maximum absolute atomic E-state index is 12.3. The van der Waals surface area contributed by atoms with Crippen LogP contribution in [0, 0.1) is 6.92 Å². The number of halogens is 1. The van der Waals surface area contributed by atoms with Crippen molar-refractivity contribution in [3.05, 3.63) is 47.6 Å². The van der Waals surface area contributed by atoms with Gasteiger partial charge in [-0.3, -0.25) is 14.3 Å². The predicted molar refractivity (Wildman–Crippen MR) is 81.0 cm³/mol. The molecule has 108 valence electrons. The van der Waals surface area contributed by atoms with Crippen molar-refractivity contribution in [1.82, 2.24) is 14.5 Å². The molecule has 2 rings (SSSR count). The zero-order valence-electron chi connectivity index (χ0n) is 11.6. The molecular weight excluding hydrogens is 298 g/mol. The summed E-state index contributed by atoms with van der Waals surface area (Å²) >= 11 is 7.50. The Hall–Kier alpha value is -1.40. The highest BCUT2D eigenvalue weighted by Gasteiger charge is 2.15. The highest BCUT2D eigenvalue weighted by atomic mass is 35.5. The van der Waals surface area contributed by atoms with Gasteiger partial charge in [0.25, 0.3) is 5.56 Å². The van der Waals surface area contributed by atoms with Gasteiger partial charge < -0.3 is 0 Å². The predicted octanol–water partition coefficient (Wildman–Crippen LogP) is 2.32. The Balaban J connectivity index is 2.34. The fourth-order valence-electron chi connectivity index (χ4n) is 2.01. The second-order valence-corrected chi connectivity index (χ2v) is 6.32. The molecular formula is C13H16ClN3O2S. The van der Waals surface area contributed by atoms with Crippen molar-refractivity contribution in [2.24, 2.45) is 0 Å². The Kier molecular flexibility index (Phi) is 4.45. The zero-order chi connectivity index (χ0) is 14.9. The largest absolute Gasteiger partial charge is 0.329 e. The number of aryl methyl sites for hydroxylation is 2. The molecule has 0 aromatic carbocycles. The highest BCUT2D eigenvalue weighted by Crippen LogP contribution is 2.16. The number of rotatable bonds is 4. The van der Waals surface area contributed by atoms with E-state index in [4.69, 9.17) is 11.6 Å². The van der Waals surface area contributed by atoms with Gasteiger partial charge in [0.15, 0.2) is 0 Å². The fraction of sp³-hybridized carbons (Fsp3) is 0.462. The number of H-pyrrole nitrogens is 1. The molecule has 5 nitrogen and oxygen atoms in total. The molecule has 7 heteroatoms. The number of aromatic amines is 1. The standard InChI is InChI=1S/C13H16ClN3O2S/c1-7(2)10-11(14)16-13(19)17(12(10)18)5-4-9-6-20-8(3)15-9/h6-7H,4-5H2,1-3H3,(H,16,19). The number of thiazole rings is 1. The summed E-state index contributed by atoms with van der Waals surface area (Å²) in [5.41, 5.74) is 0.539. The molecule has 0 amide bonds. The van der Waals surface area contributed by atoms with Crippen molar-refractivity contribution in [2.45, 2.75) is 39.7 Å². The van der Waals surface area contributed by atoms with Gasteiger partial charge in [0, 0.05) is 18.3 Å². The first kappa shape index (κ1) is 15.0. The van der Waals surface area contributed by atoms with Gasteiger partial charge in [-0.05, 0) is 12.8 Å². The molecule has 2 aromatic rings. The lowest BCUT2D eigenvalue weighted by atomic mass is 10.1. The molecule has 0 bridgehead atoms. The molecule has 0 radical (unpaired) electrons. The average Bonchev–Trinajstić information content (AvgIpc) is 2.73. The summed E-state index contributed by atoms with van der Waals surface area (Å²) in [6.45, 7) is 5.96. The Labute approximate surface area is 125 Å². The van der Waals surface area contributed by atoms with E-state index in [0.29, 0.717) is 18.5 Å². The molecule has 0 aliphatic rings. The van der Waals surface area contributed by atoms with Crippen LogP contribution in [-0.2, 0) is 13.0 Å². The second-order valence-electron chi connectivity index (χ2n) is 4.88. The summed E-state index contributed by atoms with van der Waals surface area (Å²) in [5.74, 6) is -0.0420. The second kappa shape index (κ2) is 5.93. The summed E-state index contributed by atoms with van der Waals surface area (Å²) in [7, 11) is 0. The van der Waals surface area contributed by atoms with E-state index < -0.39 is 5.69 Å². The van der Waals surface area contributed by atoms with Crippen molar-refractivity contribution in [1.29, 1.82) is 0 Å². The molecule has 0 fully saturated rings. The molecule has 1 N–H and O–H groups in total. The van der Waals surface area contributed by atoms with Crippen molar-refractivity contribution in [2.75, 3.05) is 0 Å². The van der Waals surface area contributed by atoms with Crippen LogP contribution < -0.4 is 11.2 Å². The smallest absolute Gasteiger partial charge is 0.297 e. The van der Waals surface area contributed by atoms with Crippen LogP contribution in [0.3, 0.4) is 0 Å². The van der Waals surface area contributed by atoms with Crippen LogP contribution in [0.1, 0.15) is 36.0 Å². The molecule has 0 atom stereocenters. The molecule has 0 aliphatic carbocycles. The van der Waals surface area contributed by atoms with E-state index in [0.717, 1.165) is 10.7 Å². The van der Waals surface area contributed by atoms with Crippen LogP contribution in [0.15, 0.2) is 15.0 Å². The van der Waals surface area contributed by atoms with Gasteiger partial charge in [-0.2, -0.15) is 0 Å². The molecule has 0 spiro atoms. The van der Waals surface area contributed by atoms with Crippen molar-refractivity contribution < 1.29 is 0 Å². The third-order valence-corrected chi connectivity index (χ3v) is 4.13. The highest BCUT2D eigenvalue weighted by molar-refractivity contribution is 7.09. The number of nitrogens with zero attached hydrogens (tertiary/aromatic N) is 2. The number of hydrogen-bond donors (Lipinski definition) is 1. The normalized spacial score (nSPS) is 11.2. The van der Waals surface area contributed by atoms with Gasteiger partial charge >= 0.3 is 5.69 Å². The first-order chi connectivity index (χ1) is 9.40. The number of hydrogen-bond acceptors (Lipinski definition) is 4. The molecule has 2 heterocycles. The van der Waals surface area contributed by atoms with Crippen LogP contribution >= 0.6 is 22.9 Å². The third kappa shape index (κ3) is 3.02. The van der Waals surface area contributed by atoms with Gasteiger partial charge in [0.2, 0.25) is 0 Å². The summed E-state index contributed by atoms with van der Waals surface area (Å²) in [5, 5.41) is 3.05. The van der Waals surface area contributed by atoms with E-state index in [9.17, 15) is 9.59 Å². The average molecular weight is 314 g/mol. The van der Waals surface area contributed by atoms with Crippen LogP contribution in [0.5, 0.6) is 0 Å². The summed E-state index contributed by atoms with van der Waals surface area (Å²) < 4.78 is 1.19. The van der Waals surface area contributed by atoms with Crippen LogP contribution in [0.2, 0.25) is 5.15 Å². The van der Waals surface area contributed by atoms with Crippen molar-refractivity contribution in [3.8, 4) is 0 Å². The monoisotopic (exact) mass is 313 g/mol. The van der Waals surface area contributed by atoms with Gasteiger partial charge in [0.05, 0.1) is 16.3 Å². The van der Waals surface area contributed by atoms with E-state index in [1.165, 1.54) is 4.57 Å². The minimum absolute atomic E-state index is 0.0420. The topological polar surface area (TPSA) is 67.8 Å². The minimum atomic E-state index is -0.476. The van der Waals surface area contributed by atoms with Crippen LogP contribution in [0.4, 0.5) is 0 Å². The van der Waals surface area contributed by atoms with E-state index in [2.05, 4.69) is 9.97 Å². The molecule has 0 aliphatic heterocycles. The summed E-state index contributed by atoms with van der Waals surface area (Å²) in [6, 6.07) is 0. The first-order valence-electron chi connectivity index (χ1n) is 6.33. The quantitative estimate of drug-likeness (QED) is 0.881. The van der Waals surface area contributed by atoms with Gasteiger partial charge in [-0.25, -0.2) is 9.78 Å². The number of aromatic nitrogens is 3. The third-order valence-electron chi connectivity index (χ3n) is 3.01. The van der Waals surface area contributed by atoms with Crippen LogP contribution in [-0.4, -0.2) is 14.5 Å². The van der Waals surface area contributed by atoms with Gasteiger partial charge in [-0.15, -0.1) is 11.3 Å². The molecule has 2 aromatic heterocycles. The Morgan fingerprint density at radius 2 is 2.15 bits per heavy atom. The zero-order valence-corrected chi connectivity index (χ0v) is 13.1. The maximum Gasteiger partial charge on any atom is 0.329 e. The molecule has 0 saturated carbocycles. The van der Waals surface area contributed by atoms with E-state index in [-0.39, 0.29) is 16.6 Å². The van der Waals surface area contributed by atoms with E-state index in [1.807, 2.05) is 26.2 Å². The summed E-state index contributed by atoms with van der Waals surface area (Å²) in [4.78, 5) is 31.0. The van der Waals surface area contributed by atoms with Crippen molar-refractivity contribution >= 4 is 22.9 Å². The minimum Gasteiger partial charge on any atom is -0.297 e. The van der Waals surface area contributed by atoms with E-state index in [1.54, 1.807) is 11.3 Å². The maximum atomic E-state index is 12.3. The number of nitrogens with one attached hydrogen (secondary N) is 1. The first-order valence-corrected chi connectivity index (χ1v) is 7.59. The SMILES string of the molecule is Cc1nc(CCn2c(=O)[nH]c(Cl)c(C(C)C)c2=O)cs1. The lowest BCUT2D eigenvalue weighted by molar-refractivity contribution is 0.607. The lowest BCUT2D eigenvalue weighted by Gasteiger charge is -2.10. The lowest BCUT2D eigenvalue weighted by Crippen LogP contribution is -2.38. The Morgan fingerprint density at radius 1 is 1.45 bits per heavy atom. The molecule has 20 heavy (non-hydrogen) atoms. The molecule has 0 unspecified atom stereocenters. The van der Waals surface area contributed by atoms with Crippen LogP contribution in [0.25, 0.3) is 0 Å². The molecule has 0 saturated heterocycles. The van der Waals surface area contributed by atoms with E-state index >= 15 is 0 Å². The van der Waals surface area contributed by atoms with Crippen molar-refractivity contribution in [3.63, 3.8) is 0 Å². The Morgan fingerprint density at radius 3 is 2.70 bits per heavy atom.